The zero-order valence-electron chi connectivity index (χ0n) is 14.8. The van der Waals surface area contributed by atoms with Crippen molar-refractivity contribution in [3.63, 3.8) is 0 Å². The fourth-order valence-electron chi connectivity index (χ4n) is 4.08. The zero-order valence-corrected chi connectivity index (χ0v) is 14.8. The summed E-state index contributed by atoms with van der Waals surface area (Å²) in [5.74, 6) is 0.339. The molecular formula is C20H31N3O. The summed E-state index contributed by atoms with van der Waals surface area (Å²) < 4.78 is 0. The van der Waals surface area contributed by atoms with E-state index in [-0.39, 0.29) is 0 Å². The average Bonchev–Trinajstić information content (AvgIpc) is 2.90. The molecule has 2 aliphatic rings. The number of nitrogens with zero attached hydrogens (tertiary/aromatic N) is 3. The van der Waals surface area contributed by atoms with Crippen LogP contribution in [0.3, 0.4) is 0 Å². The molecule has 3 heterocycles. The Bertz CT molecular complexity index is 497. The number of hydrogen-bond acceptors (Lipinski definition) is 3. The molecule has 0 bridgehead atoms. The maximum atomic E-state index is 12.8. The highest BCUT2D eigenvalue weighted by molar-refractivity contribution is 5.77. The molecule has 1 aromatic rings. The van der Waals surface area contributed by atoms with Gasteiger partial charge >= 0.3 is 0 Å². The van der Waals surface area contributed by atoms with Crippen molar-refractivity contribution in [3.05, 3.63) is 30.1 Å². The predicted molar refractivity (Wildman–Crippen MR) is 96.8 cm³/mol. The number of carbonyl (C=O) groups is 1. The third kappa shape index (κ3) is 5.04. The van der Waals surface area contributed by atoms with Crippen LogP contribution in [-0.4, -0.2) is 52.9 Å². The highest BCUT2D eigenvalue weighted by atomic mass is 16.2. The fraction of sp³-hybridized carbons (Fsp3) is 0.700. The lowest BCUT2D eigenvalue weighted by Gasteiger charge is -2.38. The van der Waals surface area contributed by atoms with Crippen molar-refractivity contribution < 1.29 is 4.79 Å². The lowest BCUT2D eigenvalue weighted by molar-refractivity contribution is -0.135. The van der Waals surface area contributed by atoms with Gasteiger partial charge in [-0.3, -0.25) is 9.78 Å². The van der Waals surface area contributed by atoms with E-state index in [4.69, 9.17) is 0 Å². The second kappa shape index (κ2) is 9.16. The van der Waals surface area contributed by atoms with Crippen molar-refractivity contribution >= 4 is 5.91 Å². The lowest BCUT2D eigenvalue weighted by Crippen LogP contribution is -2.49. The van der Waals surface area contributed by atoms with Crippen LogP contribution >= 0.6 is 0 Å². The van der Waals surface area contributed by atoms with Crippen molar-refractivity contribution in [1.29, 1.82) is 0 Å². The molecular weight excluding hydrogens is 298 g/mol. The molecule has 0 radical (unpaired) electrons. The highest BCUT2D eigenvalue weighted by Gasteiger charge is 2.28. The van der Waals surface area contributed by atoms with Crippen molar-refractivity contribution in [3.8, 4) is 0 Å². The topological polar surface area (TPSA) is 36.4 Å². The molecule has 24 heavy (non-hydrogen) atoms. The summed E-state index contributed by atoms with van der Waals surface area (Å²) in [6.45, 7) is 4.47. The zero-order chi connectivity index (χ0) is 16.6. The quantitative estimate of drug-likeness (QED) is 0.832. The number of carbonyl (C=O) groups excluding carboxylic acids is 1. The van der Waals surface area contributed by atoms with Crippen molar-refractivity contribution in [1.82, 2.24) is 14.8 Å². The van der Waals surface area contributed by atoms with Gasteiger partial charge in [0.05, 0.1) is 0 Å². The molecule has 4 heteroatoms. The van der Waals surface area contributed by atoms with E-state index in [9.17, 15) is 4.79 Å². The molecule has 2 fully saturated rings. The van der Waals surface area contributed by atoms with Gasteiger partial charge in [-0.05, 0) is 69.3 Å². The van der Waals surface area contributed by atoms with Gasteiger partial charge in [-0.15, -0.1) is 0 Å². The summed E-state index contributed by atoms with van der Waals surface area (Å²) in [5.41, 5.74) is 1.21. The van der Waals surface area contributed by atoms with E-state index in [0.717, 1.165) is 25.9 Å². The van der Waals surface area contributed by atoms with E-state index in [1.807, 2.05) is 24.5 Å². The largest absolute Gasteiger partial charge is 0.338 e. The smallest absolute Gasteiger partial charge is 0.223 e. The average molecular weight is 329 g/mol. The van der Waals surface area contributed by atoms with E-state index < -0.39 is 0 Å². The van der Waals surface area contributed by atoms with Gasteiger partial charge in [0, 0.05) is 37.9 Å². The molecule has 1 aromatic heterocycles. The minimum absolute atomic E-state index is 0.339. The third-order valence-electron chi connectivity index (χ3n) is 5.49. The number of piperidine rings is 1. The van der Waals surface area contributed by atoms with Gasteiger partial charge in [0.1, 0.15) is 0 Å². The molecule has 0 spiro atoms. The monoisotopic (exact) mass is 329 g/mol. The summed E-state index contributed by atoms with van der Waals surface area (Å²) in [7, 11) is 0. The van der Waals surface area contributed by atoms with Crippen molar-refractivity contribution in [2.45, 2.75) is 63.8 Å². The number of rotatable bonds is 5. The van der Waals surface area contributed by atoms with Crippen LogP contribution in [0.25, 0.3) is 0 Å². The van der Waals surface area contributed by atoms with Gasteiger partial charge in [0.15, 0.2) is 0 Å². The molecule has 1 atom stereocenters. The maximum absolute atomic E-state index is 12.8. The molecule has 0 saturated carbocycles. The van der Waals surface area contributed by atoms with Crippen LogP contribution in [0.2, 0.25) is 0 Å². The van der Waals surface area contributed by atoms with Gasteiger partial charge in [0.25, 0.3) is 0 Å². The highest BCUT2D eigenvalue weighted by Crippen LogP contribution is 2.21. The second-order valence-electron chi connectivity index (χ2n) is 7.31. The number of hydrogen-bond donors (Lipinski definition) is 0. The molecule has 1 amide bonds. The van der Waals surface area contributed by atoms with Crippen molar-refractivity contribution in [2.75, 3.05) is 26.2 Å². The van der Waals surface area contributed by atoms with Crippen LogP contribution in [-0.2, 0) is 11.2 Å². The fourth-order valence-corrected chi connectivity index (χ4v) is 4.08. The predicted octanol–water partition coefficient (Wildman–Crippen LogP) is 3.27. The number of likely N-dealkylation sites (tertiary alicyclic amines) is 2. The Balaban J connectivity index is 1.53. The minimum Gasteiger partial charge on any atom is -0.338 e. The molecule has 0 aromatic carbocycles. The van der Waals surface area contributed by atoms with E-state index in [1.165, 1.54) is 57.2 Å². The Morgan fingerprint density at radius 2 is 1.71 bits per heavy atom. The van der Waals surface area contributed by atoms with Crippen LogP contribution in [0.1, 0.15) is 56.9 Å². The second-order valence-corrected chi connectivity index (χ2v) is 7.31. The molecule has 0 unspecified atom stereocenters. The van der Waals surface area contributed by atoms with Gasteiger partial charge in [0.2, 0.25) is 5.91 Å². The van der Waals surface area contributed by atoms with Crippen LogP contribution in [0, 0.1) is 0 Å². The lowest BCUT2D eigenvalue weighted by atomic mass is 10.00. The molecule has 4 nitrogen and oxygen atoms in total. The van der Waals surface area contributed by atoms with E-state index in [2.05, 4.69) is 14.8 Å². The molecule has 0 N–H and O–H groups in total. The van der Waals surface area contributed by atoms with Gasteiger partial charge < -0.3 is 9.80 Å². The number of pyridine rings is 1. The molecule has 2 saturated heterocycles. The Morgan fingerprint density at radius 3 is 2.46 bits per heavy atom. The third-order valence-corrected chi connectivity index (χ3v) is 5.49. The summed E-state index contributed by atoms with van der Waals surface area (Å²) >= 11 is 0. The maximum Gasteiger partial charge on any atom is 0.223 e. The summed E-state index contributed by atoms with van der Waals surface area (Å²) in [6, 6.07) is 4.46. The first-order valence-electron chi connectivity index (χ1n) is 9.73. The molecule has 132 valence electrons. The Kier molecular flexibility index (Phi) is 6.65. The van der Waals surface area contributed by atoms with E-state index in [0.29, 0.717) is 18.4 Å². The first-order chi connectivity index (χ1) is 11.8. The van der Waals surface area contributed by atoms with Gasteiger partial charge in [-0.2, -0.15) is 0 Å². The summed E-state index contributed by atoms with van der Waals surface area (Å²) in [4.78, 5) is 21.6. The normalized spacial score (nSPS) is 23.0. The van der Waals surface area contributed by atoms with Crippen LogP contribution < -0.4 is 0 Å². The van der Waals surface area contributed by atoms with E-state index >= 15 is 0 Å². The standard InChI is InChI=1S/C20H31N3O/c24-20(9-8-18-10-12-21-13-11-18)23-16-6-3-7-19(23)17-22-14-4-1-2-5-15-22/h10-13,19H,1-9,14-17H2/t19-/m1/s1. The van der Waals surface area contributed by atoms with E-state index in [1.54, 1.807) is 0 Å². The van der Waals surface area contributed by atoms with Crippen LogP contribution in [0.4, 0.5) is 0 Å². The van der Waals surface area contributed by atoms with Crippen LogP contribution in [0.15, 0.2) is 24.5 Å². The summed E-state index contributed by atoms with van der Waals surface area (Å²) in [6.07, 6.45) is 14.1. The summed E-state index contributed by atoms with van der Waals surface area (Å²) in [5, 5.41) is 0. The number of amides is 1. The van der Waals surface area contributed by atoms with Gasteiger partial charge in [-0.1, -0.05) is 12.8 Å². The molecule has 2 aliphatic heterocycles. The Labute approximate surface area is 146 Å². The minimum atomic E-state index is 0.339. The first-order valence-corrected chi connectivity index (χ1v) is 9.73. The SMILES string of the molecule is O=C(CCc1ccncc1)N1CCCC[C@@H]1CN1CCCCCC1. The number of aromatic nitrogens is 1. The van der Waals surface area contributed by atoms with Crippen molar-refractivity contribution in [2.24, 2.45) is 0 Å². The molecule has 0 aliphatic carbocycles. The first kappa shape index (κ1) is 17.4. The number of aryl methyl sites for hydroxylation is 1. The Morgan fingerprint density at radius 1 is 1.00 bits per heavy atom. The Hall–Kier alpha value is -1.42. The van der Waals surface area contributed by atoms with Gasteiger partial charge in [-0.25, -0.2) is 0 Å². The van der Waals surface area contributed by atoms with Crippen LogP contribution in [0.5, 0.6) is 0 Å². The molecule has 3 rings (SSSR count).